The summed E-state index contributed by atoms with van der Waals surface area (Å²) >= 11 is 0. The number of pyridine rings is 1. The normalized spacial score (nSPS) is 9.94. The van der Waals surface area contributed by atoms with E-state index in [1.54, 1.807) is 30.5 Å². The number of halogens is 1. The molecule has 0 radical (unpaired) electrons. The smallest absolute Gasteiger partial charge is 0.257 e. The minimum absolute atomic E-state index is 0.177. The predicted molar refractivity (Wildman–Crippen MR) is 70.3 cm³/mol. The number of benzene rings is 1. The molecule has 0 aliphatic heterocycles. The van der Waals surface area contributed by atoms with Gasteiger partial charge in [-0.3, -0.25) is 9.78 Å². The molecule has 1 aromatic carbocycles. The van der Waals surface area contributed by atoms with E-state index < -0.39 is 0 Å². The Morgan fingerprint density at radius 1 is 1.24 bits per heavy atom. The summed E-state index contributed by atoms with van der Waals surface area (Å²) in [7, 11) is 6.74. The molecule has 2 aromatic rings. The molecule has 0 bridgehead atoms. The van der Waals surface area contributed by atoms with Crippen molar-refractivity contribution in [2.24, 2.45) is 0 Å². The maximum atomic E-state index is 11.8. The highest BCUT2D eigenvalue weighted by molar-refractivity contribution is 8.21. The molecule has 1 aromatic heterocycles. The van der Waals surface area contributed by atoms with Crippen LogP contribution in [0.3, 0.4) is 0 Å². The summed E-state index contributed by atoms with van der Waals surface area (Å²) < 4.78 is 0. The first-order chi connectivity index (χ1) is 8.29. The molecule has 3 nitrogen and oxygen atoms in total. The molecule has 86 valence electrons. The summed E-state index contributed by atoms with van der Waals surface area (Å²) in [5, 5.41) is 2.78. The van der Waals surface area contributed by atoms with Crippen molar-refractivity contribution in [1.29, 1.82) is 0 Å². The van der Waals surface area contributed by atoms with Crippen LogP contribution in [0.4, 0.5) is 5.69 Å². The largest absolute Gasteiger partial charge is 0.322 e. The zero-order valence-corrected chi connectivity index (χ0v) is 10.3. The number of rotatable bonds is 3. The second-order valence-corrected chi connectivity index (χ2v) is 4.39. The van der Waals surface area contributed by atoms with Crippen molar-refractivity contribution in [3.05, 3.63) is 54.4 Å². The monoisotopic (exact) mass is 264 g/mol. The lowest BCUT2D eigenvalue weighted by Crippen LogP contribution is -2.11. The van der Waals surface area contributed by atoms with Crippen molar-refractivity contribution < 1.29 is 4.79 Å². The van der Waals surface area contributed by atoms with E-state index in [4.69, 9.17) is 10.7 Å². The number of hydrogen-bond acceptors (Lipinski definition) is 3. The maximum Gasteiger partial charge on any atom is 0.257 e. The van der Waals surface area contributed by atoms with Crippen LogP contribution in [-0.2, 0) is 0 Å². The molecule has 1 N–H and O–H groups in total. The fourth-order valence-corrected chi connectivity index (χ4v) is 1.84. The van der Waals surface area contributed by atoms with Crippen LogP contribution in [0.5, 0.6) is 0 Å². The van der Waals surface area contributed by atoms with Crippen LogP contribution < -0.4 is 5.32 Å². The third-order valence-corrected chi connectivity index (χ3v) is 3.11. The Kier molecular flexibility index (Phi) is 4.01. The SMILES string of the molecule is O=C(Nc1ccc(SCl)cc1)c1cccnc1. The Bertz CT molecular complexity index is 502. The van der Waals surface area contributed by atoms with Gasteiger partial charge >= 0.3 is 0 Å². The topological polar surface area (TPSA) is 42.0 Å². The van der Waals surface area contributed by atoms with Gasteiger partial charge in [-0.25, -0.2) is 0 Å². The van der Waals surface area contributed by atoms with Crippen molar-refractivity contribution in [3.8, 4) is 0 Å². The van der Waals surface area contributed by atoms with Gasteiger partial charge in [0.25, 0.3) is 5.91 Å². The minimum Gasteiger partial charge on any atom is -0.322 e. The number of carbonyl (C=O) groups excluding carboxylic acids is 1. The molecule has 1 amide bonds. The van der Waals surface area contributed by atoms with E-state index in [1.165, 1.54) is 6.20 Å². The quantitative estimate of drug-likeness (QED) is 0.921. The summed E-state index contributed by atoms with van der Waals surface area (Å²) in [6, 6.07) is 10.7. The highest BCUT2D eigenvalue weighted by atomic mass is 35.7. The van der Waals surface area contributed by atoms with Gasteiger partial charge in [0.05, 0.1) is 5.56 Å². The standard InChI is InChI=1S/C12H9ClN2OS/c13-17-11-5-3-10(4-6-11)15-12(16)9-2-1-7-14-8-9/h1-8H,(H,15,16). The molecular weight excluding hydrogens is 256 g/mol. The lowest BCUT2D eigenvalue weighted by molar-refractivity contribution is 0.102. The summed E-state index contributed by atoms with van der Waals surface area (Å²) in [6.07, 6.45) is 3.15. The van der Waals surface area contributed by atoms with Crippen molar-refractivity contribution in [2.75, 3.05) is 5.32 Å². The van der Waals surface area contributed by atoms with Crippen molar-refractivity contribution in [2.45, 2.75) is 4.90 Å². The lowest BCUT2D eigenvalue weighted by atomic mass is 10.2. The summed E-state index contributed by atoms with van der Waals surface area (Å²) in [5.41, 5.74) is 1.26. The fourth-order valence-electron chi connectivity index (χ4n) is 1.29. The fraction of sp³-hybridized carbons (Fsp3) is 0. The molecule has 17 heavy (non-hydrogen) atoms. The summed E-state index contributed by atoms with van der Waals surface area (Å²) in [6.45, 7) is 0. The number of nitrogens with one attached hydrogen (secondary N) is 1. The molecular formula is C12H9ClN2OS. The minimum atomic E-state index is -0.177. The second-order valence-electron chi connectivity index (χ2n) is 3.30. The average molecular weight is 265 g/mol. The Balaban J connectivity index is 2.08. The number of carbonyl (C=O) groups is 1. The van der Waals surface area contributed by atoms with Crippen LogP contribution in [0.15, 0.2) is 53.7 Å². The molecule has 0 saturated heterocycles. The van der Waals surface area contributed by atoms with Crippen LogP contribution in [0, 0.1) is 0 Å². The molecule has 5 heteroatoms. The second kappa shape index (κ2) is 5.70. The molecule has 0 unspecified atom stereocenters. The van der Waals surface area contributed by atoms with Gasteiger partial charge in [-0.15, -0.1) is 0 Å². The highest BCUT2D eigenvalue weighted by Crippen LogP contribution is 2.23. The zero-order chi connectivity index (χ0) is 12.1. The predicted octanol–water partition coefficient (Wildman–Crippen LogP) is 3.58. The number of anilines is 1. The molecule has 1 heterocycles. The summed E-state index contributed by atoms with van der Waals surface area (Å²) in [5.74, 6) is -0.177. The molecule has 0 fully saturated rings. The van der Waals surface area contributed by atoms with Gasteiger partial charge in [-0.2, -0.15) is 0 Å². The van der Waals surface area contributed by atoms with Gasteiger partial charge in [-0.05, 0) is 58.1 Å². The van der Waals surface area contributed by atoms with Crippen LogP contribution in [0.25, 0.3) is 0 Å². The van der Waals surface area contributed by atoms with Gasteiger partial charge in [0.1, 0.15) is 0 Å². The van der Waals surface area contributed by atoms with Crippen LogP contribution in [0.1, 0.15) is 10.4 Å². The van der Waals surface area contributed by atoms with Crippen LogP contribution in [-0.4, -0.2) is 10.9 Å². The Labute approximate surface area is 108 Å². The van der Waals surface area contributed by atoms with Gasteiger partial charge in [-0.1, -0.05) is 0 Å². The van der Waals surface area contributed by atoms with Crippen LogP contribution >= 0.6 is 21.7 Å². The molecule has 0 aliphatic carbocycles. The third kappa shape index (κ3) is 3.22. The molecule has 2 rings (SSSR count). The number of amides is 1. The van der Waals surface area contributed by atoms with Crippen molar-refractivity contribution >= 4 is 33.3 Å². The van der Waals surface area contributed by atoms with Crippen LogP contribution in [0.2, 0.25) is 0 Å². The maximum absolute atomic E-state index is 11.8. The first-order valence-electron chi connectivity index (χ1n) is 4.89. The van der Waals surface area contributed by atoms with Crippen molar-refractivity contribution in [3.63, 3.8) is 0 Å². The molecule has 0 saturated carbocycles. The molecule has 0 aliphatic rings. The molecule has 0 atom stereocenters. The van der Waals surface area contributed by atoms with E-state index in [0.717, 1.165) is 21.6 Å². The van der Waals surface area contributed by atoms with Gasteiger partial charge in [0.2, 0.25) is 0 Å². The van der Waals surface area contributed by atoms with E-state index in [-0.39, 0.29) is 5.91 Å². The number of nitrogens with zero attached hydrogens (tertiary/aromatic N) is 1. The number of hydrogen-bond donors (Lipinski definition) is 1. The average Bonchev–Trinajstić information content (AvgIpc) is 2.40. The van der Waals surface area contributed by atoms with Crippen molar-refractivity contribution in [1.82, 2.24) is 4.98 Å². The first kappa shape index (κ1) is 12.0. The van der Waals surface area contributed by atoms with Gasteiger partial charge in [0.15, 0.2) is 0 Å². The summed E-state index contributed by atoms with van der Waals surface area (Å²) in [4.78, 5) is 16.6. The molecule has 0 spiro atoms. The zero-order valence-electron chi connectivity index (χ0n) is 8.76. The Hall–Kier alpha value is -1.52. The van der Waals surface area contributed by atoms with E-state index in [0.29, 0.717) is 5.56 Å². The highest BCUT2D eigenvalue weighted by Gasteiger charge is 2.05. The van der Waals surface area contributed by atoms with Gasteiger partial charge < -0.3 is 5.32 Å². The van der Waals surface area contributed by atoms with Gasteiger partial charge in [0, 0.05) is 23.0 Å². The van der Waals surface area contributed by atoms with E-state index in [9.17, 15) is 4.79 Å². The van der Waals surface area contributed by atoms with E-state index in [1.807, 2.05) is 12.1 Å². The lowest BCUT2D eigenvalue weighted by Gasteiger charge is -2.05. The van der Waals surface area contributed by atoms with E-state index >= 15 is 0 Å². The Morgan fingerprint density at radius 3 is 2.59 bits per heavy atom. The first-order valence-corrected chi connectivity index (χ1v) is 6.54. The Morgan fingerprint density at radius 2 is 2.00 bits per heavy atom. The third-order valence-electron chi connectivity index (χ3n) is 2.12. The van der Waals surface area contributed by atoms with E-state index in [2.05, 4.69) is 10.3 Å². The number of aromatic nitrogens is 1.